The third-order valence-corrected chi connectivity index (χ3v) is 3.35. The van der Waals surface area contributed by atoms with Crippen LogP contribution in [0.3, 0.4) is 0 Å². The maximum absolute atomic E-state index is 8.70. The Morgan fingerprint density at radius 3 is 1.86 bits per heavy atom. The minimum atomic E-state index is -3.51. The van der Waals surface area contributed by atoms with Crippen molar-refractivity contribution in [3.63, 3.8) is 0 Å². The van der Waals surface area contributed by atoms with Gasteiger partial charge in [0.25, 0.3) is 0 Å². The summed E-state index contributed by atoms with van der Waals surface area (Å²) in [6, 6.07) is 0. The molecule has 0 unspecified atom stereocenters. The molecule has 86 valence electrons. The molecule has 0 saturated heterocycles. The molecular weight excluding hydrogens is 239 g/mol. The van der Waals surface area contributed by atoms with Crippen molar-refractivity contribution in [2.45, 2.75) is 43.1 Å². The van der Waals surface area contributed by atoms with Gasteiger partial charge in [0.05, 0.1) is 0 Å². The van der Waals surface area contributed by atoms with Gasteiger partial charge in [-0.1, -0.05) is 19.3 Å². The fraction of sp³-hybridized carbons (Fsp3) is 1.00. The van der Waals surface area contributed by atoms with Gasteiger partial charge in [-0.3, -0.25) is 0 Å². The molecule has 0 spiro atoms. The number of rotatable bonds is 8. The second-order valence-electron chi connectivity index (χ2n) is 3.45. The number of hydrogen-bond donors (Lipinski definition) is 5. The summed E-state index contributed by atoms with van der Waals surface area (Å²) in [6.07, 6.45) is 6.04. The molecule has 0 amide bonds. The Labute approximate surface area is 97.3 Å². The van der Waals surface area contributed by atoms with Crippen LogP contribution in [0.4, 0.5) is 0 Å². The van der Waals surface area contributed by atoms with Gasteiger partial charge >= 0.3 is 7.94 Å². The van der Waals surface area contributed by atoms with Crippen LogP contribution in [0.25, 0.3) is 0 Å². The summed E-state index contributed by atoms with van der Waals surface area (Å²) < 4.78 is 0.168. The van der Waals surface area contributed by atoms with Crippen LogP contribution in [0.5, 0.6) is 0 Å². The van der Waals surface area contributed by atoms with Crippen LogP contribution < -0.4 is 0 Å². The van der Waals surface area contributed by atoms with E-state index in [0.29, 0.717) is 6.42 Å². The molecule has 0 aromatic heterocycles. The lowest BCUT2D eigenvalue weighted by molar-refractivity contribution is 0.328. The van der Waals surface area contributed by atoms with E-state index >= 15 is 0 Å². The SMILES string of the molecule is O[P+](O)(O)CCCCCCCC(S)S. The quantitative estimate of drug-likeness (QED) is 0.201. The summed E-state index contributed by atoms with van der Waals surface area (Å²) in [6.45, 7) is 0. The molecule has 0 aliphatic carbocycles. The highest BCUT2D eigenvalue weighted by Gasteiger charge is 2.27. The fourth-order valence-corrected chi connectivity index (χ4v) is 2.19. The molecule has 14 heavy (non-hydrogen) atoms. The average molecular weight is 259 g/mol. The van der Waals surface area contributed by atoms with Gasteiger partial charge < -0.3 is 0 Å². The first-order valence-corrected chi connectivity index (χ1v) is 7.71. The number of thiol groups is 2. The van der Waals surface area contributed by atoms with Gasteiger partial charge in [0.2, 0.25) is 0 Å². The van der Waals surface area contributed by atoms with Crippen LogP contribution in [0.2, 0.25) is 0 Å². The van der Waals surface area contributed by atoms with E-state index in [4.69, 9.17) is 14.7 Å². The molecule has 3 nitrogen and oxygen atoms in total. The van der Waals surface area contributed by atoms with Gasteiger partial charge in [-0.05, 0) is 19.3 Å². The normalized spacial score (nSPS) is 12.4. The topological polar surface area (TPSA) is 60.7 Å². The molecule has 0 saturated carbocycles. The van der Waals surface area contributed by atoms with E-state index in [-0.39, 0.29) is 10.7 Å². The molecule has 0 aromatic rings. The predicted octanol–water partition coefficient (Wildman–Crippen LogP) is 2.25. The second-order valence-corrected chi connectivity index (χ2v) is 6.94. The van der Waals surface area contributed by atoms with Crippen LogP contribution in [-0.2, 0) is 0 Å². The Bertz CT molecular complexity index is 139. The van der Waals surface area contributed by atoms with Crippen molar-refractivity contribution < 1.29 is 14.7 Å². The average Bonchev–Trinajstić information content (AvgIpc) is 2.00. The Kier molecular flexibility index (Phi) is 8.79. The third-order valence-electron chi connectivity index (χ3n) is 1.92. The number of hydrogen-bond acceptors (Lipinski definition) is 5. The van der Waals surface area contributed by atoms with Gasteiger partial charge in [0.15, 0.2) is 0 Å². The van der Waals surface area contributed by atoms with Crippen molar-refractivity contribution in [1.82, 2.24) is 0 Å². The Hall–Kier alpha value is 1.01. The maximum Gasteiger partial charge on any atom is 0.403 e. The van der Waals surface area contributed by atoms with Gasteiger partial charge in [0.1, 0.15) is 6.16 Å². The van der Waals surface area contributed by atoms with E-state index in [1.165, 1.54) is 0 Å². The van der Waals surface area contributed by atoms with Crippen LogP contribution in [0.1, 0.15) is 38.5 Å². The molecule has 3 N–H and O–H groups in total. The smallest absolute Gasteiger partial charge is 0.193 e. The first-order chi connectivity index (χ1) is 6.42. The molecule has 6 heteroatoms. The summed E-state index contributed by atoms with van der Waals surface area (Å²) in [7, 11) is -3.51. The number of unbranched alkanes of at least 4 members (excludes halogenated alkanes) is 4. The van der Waals surface area contributed by atoms with E-state index in [0.717, 1.165) is 32.1 Å². The molecule has 0 heterocycles. The first kappa shape index (κ1) is 15.0. The monoisotopic (exact) mass is 259 g/mol. The summed E-state index contributed by atoms with van der Waals surface area (Å²) in [5.74, 6) is 0. The van der Waals surface area contributed by atoms with Gasteiger partial charge in [-0.25, -0.2) is 0 Å². The molecule has 0 radical (unpaired) electrons. The van der Waals surface area contributed by atoms with Crippen molar-refractivity contribution >= 4 is 33.2 Å². The maximum atomic E-state index is 8.70. The van der Waals surface area contributed by atoms with E-state index < -0.39 is 7.94 Å². The highest BCUT2D eigenvalue weighted by Crippen LogP contribution is 2.45. The van der Waals surface area contributed by atoms with Crippen molar-refractivity contribution in [1.29, 1.82) is 0 Å². The van der Waals surface area contributed by atoms with Gasteiger partial charge in [-0.2, -0.15) is 39.9 Å². The van der Waals surface area contributed by atoms with Crippen LogP contribution in [0.15, 0.2) is 0 Å². The summed E-state index contributed by atoms with van der Waals surface area (Å²) in [5, 5.41) is 0. The lowest BCUT2D eigenvalue weighted by Crippen LogP contribution is -1.95. The lowest BCUT2D eigenvalue weighted by Gasteiger charge is -2.04. The zero-order valence-electron chi connectivity index (χ0n) is 8.21. The largest absolute Gasteiger partial charge is 0.403 e. The third kappa shape index (κ3) is 13.0. The Morgan fingerprint density at radius 2 is 1.36 bits per heavy atom. The second kappa shape index (κ2) is 8.20. The van der Waals surface area contributed by atoms with E-state index in [1.54, 1.807) is 0 Å². The fourth-order valence-electron chi connectivity index (χ4n) is 1.18. The zero-order valence-corrected chi connectivity index (χ0v) is 10.9. The molecule has 0 rings (SSSR count). The minimum Gasteiger partial charge on any atom is -0.193 e. The summed E-state index contributed by atoms with van der Waals surface area (Å²) in [4.78, 5) is 26.1. The molecular formula is C8H20O3PS2+. The first-order valence-electron chi connectivity index (χ1n) is 4.84. The van der Waals surface area contributed by atoms with Crippen LogP contribution >= 0.6 is 33.2 Å². The van der Waals surface area contributed by atoms with Gasteiger partial charge in [0, 0.05) is 4.58 Å². The Balaban J connectivity index is 3.07. The Morgan fingerprint density at radius 1 is 0.857 bits per heavy atom. The van der Waals surface area contributed by atoms with Gasteiger partial charge in [-0.15, -0.1) is 0 Å². The van der Waals surface area contributed by atoms with Crippen molar-refractivity contribution in [3.8, 4) is 0 Å². The van der Waals surface area contributed by atoms with Crippen molar-refractivity contribution in [2.75, 3.05) is 6.16 Å². The molecule has 0 fully saturated rings. The van der Waals surface area contributed by atoms with Crippen LogP contribution in [-0.4, -0.2) is 25.4 Å². The molecule has 0 aliphatic heterocycles. The lowest BCUT2D eigenvalue weighted by atomic mass is 10.1. The van der Waals surface area contributed by atoms with E-state index in [1.807, 2.05) is 0 Å². The molecule has 0 atom stereocenters. The molecule has 0 aromatic carbocycles. The summed E-state index contributed by atoms with van der Waals surface area (Å²) >= 11 is 8.30. The van der Waals surface area contributed by atoms with Crippen molar-refractivity contribution in [2.24, 2.45) is 0 Å². The molecule has 0 bridgehead atoms. The predicted molar refractivity (Wildman–Crippen MR) is 67.9 cm³/mol. The summed E-state index contributed by atoms with van der Waals surface area (Å²) in [5.41, 5.74) is 0. The van der Waals surface area contributed by atoms with E-state index in [9.17, 15) is 0 Å². The minimum absolute atomic E-state index is 0.134. The highest BCUT2D eigenvalue weighted by molar-refractivity contribution is 7.99. The van der Waals surface area contributed by atoms with Crippen molar-refractivity contribution in [3.05, 3.63) is 0 Å². The molecule has 0 aliphatic rings. The highest BCUT2D eigenvalue weighted by atomic mass is 32.2. The standard InChI is InChI=1S/C8H19O3PS2/c9-12(10,11)7-5-3-1-2-4-6-8(13)14/h8-11H,1-7H2,(H-,13,14)/p+1. The van der Waals surface area contributed by atoms with Crippen LogP contribution in [0, 0.1) is 0 Å². The zero-order chi connectivity index (χ0) is 11.0. The van der Waals surface area contributed by atoms with E-state index in [2.05, 4.69) is 25.3 Å².